The molecule has 0 aromatic carbocycles. The van der Waals surface area contributed by atoms with E-state index in [4.69, 9.17) is 0 Å². The Balaban J connectivity index is 1.96. The fourth-order valence-corrected chi connectivity index (χ4v) is 7.60. The van der Waals surface area contributed by atoms with Gasteiger partial charge in [-0.05, 0) is 81.0 Å². The van der Waals surface area contributed by atoms with Crippen molar-refractivity contribution in [3.63, 3.8) is 0 Å². The van der Waals surface area contributed by atoms with Crippen molar-refractivity contribution in [2.24, 2.45) is 11.3 Å². The van der Waals surface area contributed by atoms with Crippen LogP contribution in [0.2, 0.25) is 0 Å². The van der Waals surface area contributed by atoms with Gasteiger partial charge in [0.15, 0.2) is 0 Å². The van der Waals surface area contributed by atoms with Crippen LogP contribution in [0.25, 0.3) is 0 Å². The van der Waals surface area contributed by atoms with E-state index in [9.17, 15) is 0 Å². The maximum absolute atomic E-state index is 3.50. The molecule has 0 nitrogen and oxygen atoms in total. The monoisotopic (exact) mass is 426 g/mol. The Morgan fingerprint density at radius 2 is 1.79 bits per heavy atom. The maximum atomic E-state index is 3.50. The Hall–Kier alpha value is 1.40. The van der Waals surface area contributed by atoms with Crippen LogP contribution in [0.5, 0.6) is 0 Å². The molecule has 0 aromatic heterocycles. The fourth-order valence-electron chi connectivity index (χ4n) is 3.00. The summed E-state index contributed by atoms with van der Waals surface area (Å²) < 4.78 is 1.65. The first-order valence-electron chi connectivity index (χ1n) is 7.15. The SMILES string of the molecule is CC(C)(C)C1CCSC2(CCC(C=C(Br)Br)CC2)S1. The smallest absolute Gasteiger partial charge is 0.0614 e. The van der Waals surface area contributed by atoms with Crippen molar-refractivity contribution in [3.8, 4) is 0 Å². The zero-order valence-electron chi connectivity index (χ0n) is 12.0. The van der Waals surface area contributed by atoms with E-state index in [1.165, 1.54) is 37.9 Å². The highest BCUT2D eigenvalue weighted by Gasteiger charge is 2.43. The Kier molecular flexibility index (Phi) is 5.88. The summed E-state index contributed by atoms with van der Waals surface area (Å²) in [7, 11) is 0. The fraction of sp³-hybridized carbons (Fsp3) is 0.867. The summed E-state index contributed by atoms with van der Waals surface area (Å²) in [5.41, 5.74) is 0.453. The molecule has 1 saturated heterocycles. The van der Waals surface area contributed by atoms with Crippen LogP contribution in [0.1, 0.15) is 52.9 Å². The zero-order chi connectivity index (χ0) is 14.1. The Bertz CT molecular complexity index is 335. The van der Waals surface area contributed by atoms with Gasteiger partial charge < -0.3 is 0 Å². The molecule has 1 unspecified atom stereocenters. The second kappa shape index (κ2) is 6.66. The maximum Gasteiger partial charge on any atom is 0.0614 e. The third-order valence-electron chi connectivity index (χ3n) is 4.22. The predicted octanol–water partition coefficient (Wildman–Crippen LogP) is 6.79. The van der Waals surface area contributed by atoms with Gasteiger partial charge >= 0.3 is 0 Å². The van der Waals surface area contributed by atoms with Crippen molar-refractivity contribution in [1.29, 1.82) is 0 Å². The van der Waals surface area contributed by atoms with Gasteiger partial charge in [-0.3, -0.25) is 0 Å². The molecule has 0 aromatic rings. The van der Waals surface area contributed by atoms with Crippen molar-refractivity contribution in [2.45, 2.75) is 62.2 Å². The van der Waals surface area contributed by atoms with Gasteiger partial charge in [0.05, 0.1) is 7.47 Å². The van der Waals surface area contributed by atoms with Crippen molar-refractivity contribution in [1.82, 2.24) is 0 Å². The van der Waals surface area contributed by atoms with Crippen LogP contribution >= 0.6 is 55.4 Å². The molecule has 2 fully saturated rings. The van der Waals surface area contributed by atoms with E-state index in [0.29, 0.717) is 9.49 Å². The molecule has 1 spiro atoms. The average molecular weight is 428 g/mol. The lowest BCUT2D eigenvalue weighted by Gasteiger charge is -2.47. The van der Waals surface area contributed by atoms with E-state index >= 15 is 0 Å². The molecule has 1 atom stereocenters. The summed E-state index contributed by atoms with van der Waals surface area (Å²) in [5, 5.41) is 0.837. The summed E-state index contributed by atoms with van der Waals surface area (Å²) in [6, 6.07) is 0. The molecular weight excluding hydrogens is 404 g/mol. The minimum atomic E-state index is 0.453. The second-order valence-corrected chi connectivity index (χ2v) is 12.9. The van der Waals surface area contributed by atoms with Crippen LogP contribution in [0.4, 0.5) is 0 Å². The van der Waals surface area contributed by atoms with E-state index < -0.39 is 0 Å². The van der Waals surface area contributed by atoms with Crippen LogP contribution in [0, 0.1) is 11.3 Å². The van der Waals surface area contributed by atoms with E-state index in [-0.39, 0.29) is 0 Å². The Labute approximate surface area is 143 Å². The lowest BCUT2D eigenvalue weighted by Crippen LogP contribution is -2.38. The number of hydrogen-bond acceptors (Lipinski definition) is 2. The number of rotatable bonds is 1. The molecule has 1 heterocycles. The van der Waals surface area contributed by atoms with Gasteiger partial charge in [0.25, 0.3) is 0 Å². The van der Waals surface area contributed by atoms with E-state index in [0.717, 1.165) is 14.6 Å². The quantitative estimate of drug-likeness (QED) is 0.451. The first kappa shape index (κ1) is 16.8. The summed E-state index contributed by atoms with van der Waals surface area (Å²) >= 11 is 11.5. The van der Waals surface area contributed by atoms with Gasteiger partial charge in [0, 0.05) is 5.25 Å². The van der Waals surface area contributed by atoms with Crippen LogP contribution in [-0.2, 0) is 0 Å². The summed E-state index contributed by atoms with van der Waals surface area (Å²) in [4.78, 5) is 0. The molecule has 2 rings (SSSR count). The highest BCUT2D eigenvalue weighted by Crippen LogP contribution is 2.57. The van der Waals surface area contributed by atoms with E-state index in [1.54, 1.807) is 0 Å². The van der Waals surface area contributed by atoms with Crippen molar-refractivity contribution >= 4 is 55.4 Å². The largest absolute Gasteiger partial charge is 0.144 e. The normalized spacial score (nSPS) is 36.3. The first-order chi connectivity index (χ1) is 8.81. The topological polar surface area (TPSA) is 0 Å². The molecule has 0 amide bonds. The molecule has 0 radical (unpaired) electrons. The van der Waals surface area contributed by atoms with Crippen molar-refractivity contribution in [2.75, 3.05) is 5.75 Å². The van der Waals surface area contributed by atoms with Crippen LogP contribution in [0.15, 0.2) is 9.47 Å². The number of halogens is 2. The highest BCUT2D eigenvalue weighted by molar-refractivity contribution is 9.28. The molecule has 4 heteroatoms. The molecule has 1 saturated carbocycles. The van der Waals surface area contributed by atoms with Gasteiger partial charge in [-0.25, -0.2) is 0 Å². The number of allylic oxidation sites excluding steroid dienone is 1. The molecule has 1 aliphatic carbocycles. The molecule has 0 N–H and O–H groups in total. The lowest BCUT2D eigenvalue weighted by atomic mass is 9.88. The van der Waals surface area contributed by atoms with Gasteiger partial charge in [0.2, 0.25) is 0 Å². The Morgan fingerprint density at radius 1 is 1.16 bits per heavy atom. The number of hydrogen-bond donors (Lipinski definition) is 0. The van der Waals surface area contributed by atoms with Gasteiger partial charge in [-0.2, -0.15) is 0 Å². The van der Waals surface area contributed by atoms with Gasteiger partial charge in [-0.1, -0.05) is 26.8 Å². The third-order valence-corrected chi connectivity index (χ3v) is 8.83. The van der Waals surface area contributed by atoms with Crippen molar-refractivity contribution < 1.29 is 0 Å². The molecular formula is C15H24Br2S2. The van der Waals surface area contributed by atoms with Crippen molar-refractivity contribution in [3.05, 3.63) is 9.47 Å². The Morgan fingerprint density at radius 3 is 2.32 bits per heavy atom. The molecule has 19 heavy (non-hydrogen) atoms. The van der Waals surface area contributed by atoms with Crippen LogP contribution in [-0.4, -0.2) is 15.1 Å². The van der Waals surface area contributed by atoms with Gasteiger partial charge in [-0.15, -0.1) is 23.5 Å². The molecule has 1 aliphatic heterocycles. The minimum absolute atomic E-state index is 0.453. The lowest BCUT2D eigenvalue weighted by molar-refractivity contribution is 0.370. The highest BCUT2D eigenvalue weighted by atomic mass is 79.9. The summed E-state index contributed by atoms with van der Waals surface area (Å²) in [6.45, 7) is 7.22. The first-order valence-corrected chi connectivity index (χ1v) is 10.6. The van der Waals surface area contributed by atoms with Crippen LogP contribution < -0.4 is 0 Å². The van der Waals surface area contributed by atoms with E-state index in [1.807, 2.05) is 0 Å². The third kappa shape index (κ3) is 4.69. The standard InChI is InChI=1S/C15H24Br2S2/c1-14(2,3)12-6-9-18-15(19-12)7-4-11(5-8-15)10-13(16)17/h10-12H,4-9H2,1-3H3. The average Bonchev–Trinajstić information content (AvgIpc) is 2.31. The van der Waals surface area contributed by atoms with Crippen LogP contribution in [0.3, 0.4) is 0 Å². The minimum Gasteiger partial charge on any atom is -0.144 e. The number of thioether (sulfide) groups is 2. The predicted molar refractivity (Wildman–Crippen MR) is 98.5 cm³/mol. The molecule has 110 valence electrons. The summed E-state index contributed by atoms with van der Waals surface area (Å²) in [5.74, 6) is 2.12. The molecule has 2 aliphatic rings. The van der Waals surface area contributed by atoms with Gasteiger partial charge in [0.1, 0.15) is 0 Å². The zero-order valence-corrected chi connectivity index (χ0v) is 16.9. The summed E-state index contributed by atoms with van der Waals surface area (Å²) in [6.07, 6.45) is 9.17. The van der Waals surface area contributed by atoms with E-state index in [2.05, 4.69) is 82.2 Å². The molecule has 0 bridgehead atoms. The second-order valence-electron chi connectivity index (χ2n) is 6.81.